The number of azo groups is 1. The molecule has 31 heavy (non-hydrogen) atoms. The van der Waals surface area contributed by atoms with Gasteiger partial charge in [-0.2, -0.15) is 0 Å². The molecule has 10 heteroatoms. The average molecular weight is 454 g/mol. The van der Waals surface area contributed by atoms with Crippen molar-refractivity contribution in [3.05, 3.63) is 103 Å². The van der Waals surface area contributed by atoms with Crippen LogP contribution >= 0.6 is 23.2 Å². The minimum Gasteiger partial charge on any atom is -0.288 e. The van der Waals surface area contributed by atoms with Gasteiger partial charge < -0.3 is 0 Å². The molecule has 0 saturated carbocycles. The summed E-state index contributed by atoms with van der Waals surface area (Å²) >= 11 is 12.1. The highest BCUT2D eigenvalue weighted by Crippen LogP contribution is 2.32. The van der Waals surface area contributed by atoms with Crippen LogP contribution in [0.1, 0.15) is 0 Å². The van der Waals surface area contributed by atoms with Crippen molar-refractivity contribution in [3.8, 4) is 16.9 Å². The van der Waals surface area contributed by atoms with E-state index >= 15 is 0 Å². The first kappa shape index (κ1) is 20.5. The van der Waals surface area contributed by atoms with Gasteiger partial charge in [0.25, 0.3) is 11.2 Å². The smallest absolute Gasteiger partial charge is 0.288 e. The monoisotopic (exact) mass is 453 g/mol. The molecule has 1 N–H and O–H groups in total. The first-order valence-electron chi connectivity index (χ1n) is 8.96. The summed E-state index contributed by atoms with van der Waals surface area (Å²) < 4.78 is 1.33. The number of aromatic nitrogens is 2. The molecule has 0 bridgehead atoms. The van der Waals surface area contributed by atoms with Crippen LogP contribution in [0.25, 0.3) is 16.9 Å². The zero-order valence-electron chi connectivity index (χ0n) is 15.7. The van der Waals surface area contributed by atoms with Gasteiger partial charge in [0.2, 0.25) is 0 Å². The van der Waals surface area contributed by atoms with E-state index in [4.69, 9.17) is 23.2 Å². The maximum atomic E-state index is 13.1. The maximum absolute atomic E-state index is 13.1. The Labute approximate surface area is 185 Å². The molecule has 4 aromatic rings. The van der Waals surface area contributed by atoms with Crippen LogP contribution in [-0.2, 0) is 0 Å². The van der Waals surface area contributed by atoms with Gasteiger partial charge in [0.15, 0.2) is 5.69 Å². The Bertz CT molecular complexity index is 1350. The third-order valence-corrected chi connectivity index (χ3v) is 4.95. The number of non-ortho nitro benzene ring substituents is 1. The lowest BCUT2D eigenvalue weighted by atomic mass is 10.1. The van der Waals surface area contributed by atoms with Crippen LogP contribution < -0.4 is 5.56 Å². The van der Waals surface area contributed by atoms with E-state index in [0.29, 0.717) is 27.7 Å². The van der Waals surface area contributed by atoms with Crippen molar-refractivity contribution >= 4 is 40.3 Å². The van der Waals surface area contributed by atoms with Gasteiger partial charge in [-0.25, -0.2) is 4.68 Å². The minimum absolute atomic E-state index is 0.0312. The zero-order chi connectivity index (χ0) is 22.0. The number of rotatable bonds is 5. The Kier molecular flexibility index (Phi) is 5.66. The predicted molar refractivity (Wildman–Crippen MR) is 119 cm³/mol. The number of benzene rings is 3. The SMILES string of the molecule is O=c1c(N=Nc2ccc(Cl)cc2Cl)c(-c2ccc([N+](=O)[O-])cc2)[nH]n1-c1ccccc1. The number of halogens is 2. The van der Waals surface area contributed by atoms with Crippen LogP contribution in [0.2, 0.25) is 10.0 Å². The summed E-state index contributed by atoms with van der Waals surface area (Å²) in [6, 6.07) is 19.4. The van der Waals surface area contributed by atoms with Gasteiger partial charge in [0, 0.05) is 22.7 Å². The summed E-state index contributed by atoms with van der Waals surface area (Å²) in [6.45, 7) is 0. The number of nitrogens with one attached hydrogen (secondary N) is 1. The Morgan fingerprint density at radius 1 is 0.935 bits per heavy atom. The van der Waals surface area contributed by atoms with E-state index < -0.39 is 10.5 Å². The molecule has 3 aromatic carbocycles. The fraction of sp³-hybridized carbons (Fsp3) is 0. The molecule has 0 amide bonds. The molecule has 0 atom stereocenters. The second-order valence-corrected chi connectivity index (χ2v) is 7.25. The molecule has 8 nitrogen and oxygen atoms in total. The molecule has 0 unspecified atom stereocenters. The molecule has 0 aliphatic carbocycles. The first-order chi connectivity index (χ1) is 14.9. The van der Waals surface area contributed by atoms with E-state index in [0.717, 1.165) is 0 Å². The van der Waals surface area contributed by atoms with Crippen LogP contribution in [-0.4, -0.2) is 14.7 Å². The summed E-state index contributed by atoms with van der Waals surface area (Å²) in [5, 5.41) is 23.0. The molecule has 0 spiro atoms. The highest BCUT2D eigenvalue weighted by Gasteiger charge is 2.18. The summed E-state index contributed by atoms with van der Waals surface area (Å²) in [6.07, 6.45) is 0. The van der Waals surface area contributed by atoms with Crippen LogP contribution in [0, 0.1) is 10.1 Å². The van der Waals surface area contributed by atoms with E-state index in [1.165, 1.54) is 35.0 Å². The van der Waals surface area contributed by atoms with Crippen LogP contribution in [0.5, 0.6) is 0 Å². The fourth-order valence-electron chi connectivity index (χ4n) is 2.90. The molecular weight excluding hydrogens is 441 g/mol. The second kappa shape index (κ2) is 8.55. The van der Waals surface area contributed by atoms with Gasteiger partial charge in [0.05, 0.1) is 21.3 Å². The number of hydrogen-bond donors (Lipinski definition) is 1. The van der Waals surface area contributed by atoms with Gasteiger partial charge in [-0.05, 0) is 42.5 Å². The van der Waals surface area contributed by atoms with E-state index in [1.807, 2.05) is 6.07 Å². The third kappa shape index (κ3) is 4.25. The lowest BCUT2D eigenvalue weighted by Crippen LogP contribution is -2.13. The number of para-hydroxylation sites is 1. The average Bonchev–Trinajstić information content (AvgIpc) is 3.10. The van der Waals surface area contributed by atoms with E-state index in [2.05, 4.69) is 15.3 Å². The van der Waals surface area contributed by atoms with Gasteiger partial charge >= 0.3 is 0 Å². The number of aromatic amines is 1. The number of H-pyrrole nitrogens is 1. The van der Waals surface area contributed by atoms with Crippen molar-refractivity contribution in [2.24, 2.45) is 10.2 Å². The molecular formula is C21H13Cl2N5O3. The first-order valence-corrected chi connectivity index (χ1v) is 9.71. The van der Waals surface area contributed by atoms with Crippen molar-refractivity contribution in [1.82, 2.24) is 9.78 Å². The standard InChI is InChI=1S/C21H13Cl2N5O3/c22-14-8-11-18(17(23)12-14)24-25-20-19(13-6-9-16(10-7-13)28(30)31)26-27(21(20)29)15-4-2-1-3-5-15/h1-12,26H. The molecule has 0 radical (unpaired) electrons. The Hall–Kier alpha value is -3.75. The van der Waals surface area contributed by atoms with Crippen LogP contribution in [0.3, 0.4) is 0 Å². The lowest BCUT2D eigenvalue weighted by molar-refractivity contribution is -0.384. The number of nitro benzene ring substituents is 1. The van der Waals surface area contributed by atoms with E-state index in [9.17, 15) is 14.9 Å². The Morgan fingerprint density at radius 2 is 1.65 bits per heavy atom. The van der Waals surface area contributed by atoms with Crippen LogP contribution in [0.15, 0.2) is 87.8 Å². The van der Waals surface area contributed by atoms with Crippen molar-refractivity contribution in [1.29, 1.82) is 0 Å². The number of nitrogens with zero attached hydrogens (tertiary/aromatic N) is 4. The lowest BCUT2D eigenvalue weighted by Gasteiger charge is -2.01. The molecule has 0 saturated heterocycles. The summed E-state index contributed by atoms with van der Waals surface area (Å²) in [7, 11) is 0. The van der Waals surface area contributed by atoms with Crippen LogP contribution in [0.4, 0.5) is 17.1 Å². The molecule has 0 aliphatic rings. The zero-order valence-corrected chi connectivity index (χ0v) is 17.2. The topological polar surface area (TPSA) is 106 Å². The van der Waals surface area contributed by atoms with Gasteiger partial charge in [0.1, 0.15) is 5.69 Å². The fourth-order valence-corrected chi connectivity index (χ4v) is 3.34. The maximum Gasteiger partial charge on any atom is 0.299 e. The highest BCUT2D eigenvalue weighted by molar-refractivity contribution is 6.36. The normalized spacial score (nSPS) is 11.2. The Morgan fingerprint density at radius 3 is 2.29 bits per heavy atom. The molecule has 0 aliphatic heterocycles. The number of nitro groups is 1. The molecule has 154 valence electrons. The molecule has 1 aromatic heterocycles. The van der Waals surface area contributed by atoms with E-state index in [1.54, 1.807) is 36.4 Å². The Balaban J connectivity index is 1.85. The predicted octanol–water partition coefficient (Wildman–Crippen LogP) is 6.46. The van der Waals surface area contributed by atoms with Crippen molar-refractivity contribution in [2.45, 2.75) is 0 Å². The summed E-state index contributed by atoms with van der Waals surface area (Å²) in [5.74, 6) is 0. The molecule has 0 fully saturated rings. The number of hydrogen-bond acceptors (Lipinski definition) is 5. The van der Waals surface area contributed by atoms with Crippen molar-refractivity contribution in [3.63, 3.8) is 0 Å². The highest BCUT2D eigenvalue weighted by atomic mass is 35.5. The molecule has 4 rings (SSSR count). The summed E-state index contributed by atoms with van der Waals surface area (Å²) in [5.41, 5.74) is 1.36. The van der Waals surface area contributed by atoms with Crippen molar-refractivity contribution < 1.29 is 4.92 Å². The molecule has 1 heterocycles. The summed E-state index contributed by atoms with van der Waals surface area (Å²) in [4.78, 5) is 23.6. The quantitative estimate of drug-likeness (QED) is 0.212. The second-order valence-electron chi connectivity index (χ2n) is 6.41. The van der Waals surface area contributed by atoms with Crippen molar-refractivity contribution in [2.75, 3.05) is 0 Å². The van der Waals surface area contributed by atoms with Gasteiger partial charge in [-0.1, -0.05) is 41.4 Å². The van der Waals surface area contributed by atoms with Gasteiger partial charge in [-0.3, -0.25) is 20.0 Å². The third-order valence-electron chi connectivity index (χ3n) is 4.41. The van der Waals surface area contributed by atoms with Gasteiger partial charge in [-0.15, -0.1) is 10.2 Å². The minimum atomic E-state index is -0.495. The van der Waals surface area contributed by atoms with E-state index in [-0.39, 0.29) is 16.4 Å². The largest absolute Gasteiger partial charge is 0.299 e.